The van der Waals surface area contributed by atoms with Crippen LogP contribution in [0.2, 0.25) is 5.15 Å². The Morgan fingerprint density at radius 2 is 2.20 bits per heavy atom. The predicted octanol–water partition coefficient (Wildman–Crippen LogP) is 2.94. The van der Waals surface area contributed by atoms with E-state index in [-0.39, 0.29) is 11.8 Å². The first-order valence-electron chi connectivity index (χ1n) is 8.59. The van der Waals surface area contributed by atoms with Crippen LogP contribution in [0.4, 0.5) is 5.82 Å². The lowest BCUT2D eigenvalue weighted by atomic mass is 9.96. The Hall–Kier alpha value is -1.92. The van der Waals surface area contributed by atoms with Gasteiger partial charge in [0.05, 0.1) is 11.6 Å². The van der Waals surface area contributed by atoms with Crippen LogP contribution in [0, 0.1) is 19.8 Å². The summed E-state index contributed by atoms with van der Waals surface area (Å²) >= 11 is 6.34. The zero-order valence-corrected chi connectivity index (χ0v) is 15.7. The second-order valence-corrected chi connectivity index (χ2v) is 7.06. The van der Waals surface area contributed by atoms with Crippen LogP contribution in [-0.4, -0.2) is 38.7 Å². The van der Waals surface area contributed by atoms with Gasteiger partial charge in [-0.1, -0.05) is 17.7 Å². The maximum Gasteiger partial charge on any atom is 0.229 e. The van der Waals surface area contributed by atoms with Crippen LogP contribution >= 0.6 is 11.6 Å². The van der Waals surface area contributed by atoms with Gasteiger partial charge in [0.2, 0.25) is 5.91 Å². The molecule has 0 spiro atoms. The maximum atomic E-state index is 12.6. The average Bonchev–Trinajstić information content (AvgIpc) is 2.81. The van der Waals surface area contributed by atoms with E-state index in [1.165, 1.54) is 0 Å². The first-order chi connectivity index (χ1) is 11.9. The lowest BCUT2D eigenvalue weighted by Gasteiger charge is -2.31. The van der Waals surface area contributed by atoms with Crippen molar-refractivity contribution in [3.8, 4) is 0 Å². The molecule has 7 heteroatoms. The Bertz CT molecular complexity index is 773. The van der Waals surface area contributed by atoms with Gasteiger partial charge in [-0.3, -0.25) is 14.4 Å². The van der Waals surface area contributed by atoms with Gasteiger partial charge in [-0.05, 0) is 45.4 Å². The number of likely N-dealkylation sites (tertiary alicyclic amines) is 1. The molecule has 3 heterocycles. The Morgan fingerprint density at radius 1 is 1.40 bits per heavy atom. The van der Waals surface area contributed by atoms with E-state index in [0.29, 0.717) is 11.0 Å². The standard InChI is InChI=1S/C18H24ClN5O/c1-12-6-4-8-16(20-12)21-18(25)14-7-5-9-24(10-14)11-15-13(2)22-23(3)17(15)19/h4,6,8,14H,5,7,9-11H2,1-3H3,(H,20,21,25). The van der Waals surface area contributed by atoms with Gasteiger partial charge >= 0.3 is 0 Å². The first-order valence-corrected chi connectivity index (χ1v) is 8.96. The molecule has 0 aromatic carbocycles. The highest BCUT2D eigenvalue weighted by Gasteiger charge is 2.27. The van der Waals surface area contributed by atoms with Crippen LogP contribution < -0.4 is 5.32 Å². The van der Waals surface area contributed by atoms with Gasteiger partial charge in [0.15, 0.2) is 0 Å². The molecule has 1 aliphatic rings. The second kappa shape index (κ2) is 7.54. The maximum absolute atomic E-state index is 12.6. The normalized spacial score (nSPS) is 18.3. The molecule has 2 aromatic heterocycles. The van der Waals surface area contributed by atoms with Crippen molar-refractivity contribution in [3.05, 3.63) is 40.3 Å². The minimum absolute atomic E-state index is 0.0354. The Labute approximate surface area is 153 Å². The molecule has 2 aromatic rings. The van der Waals surface area contributed by atoms with Crippen molar-refractivity contribution >= 4 is 23.3 Å². The summed E-state index contributed by atoms with van der Waals surface area (Å²) in [5.41, 5.74) is 2.89. The zero-order chi connectivity index (χ0) is 18.0. The number of carbonyl (C=O) groups excluding carboxylic acids is 1. The summed E-state index contributed by atoms with van der Waals surface area (Å²) in [6.45, 7) is 6.31. The number of pyridine rings is 1. The van der Waals surface area contributed by atoms with Crippen LogP contribution in [0.5, 0.6) is 0 Å². The number of anilines is 1. The molecule has 0 aliphatic carbocycles. The molecule has 1 N–H and O–H groups in total. The molecule has 1 atom stereocenters. The van der Waals surface area contributed by atoms with Crippen LogP contribution in [0.1, 0.15) is 29.8 Å². The number of halogens is 1. The molecule has 0 saturated carbocycles. The zero-order valence-electron chi connectivity index (χ0n) is 14.9. The van der Waals surface area contributed by atoms with Crippen LogP contribution in [0.25, 0.3) is 0 Å². The predicted molar refractivity (Wildman–Crippen MR) is 98.6 cm³/mol. The quantitative estimate of drug-likeness (QED) is 0.909. The van der Waals surface area contributed by atoms with Gasteiger partial charge in [-0.15, -0.1) is 0 Å². The van der Waals surface area contributed by atoms with Crippen LogP contribution in [0.3, 0.4) is 0 Å². The first kappa shape index (κ1) is 17.9. The van der Waals surface area contributed by atoms with E-state index in [1.54, 1.807) is 4.68 Å². The lowest BCUT2D eigenvalue weighted by molar-refractivity contribution is -0.121. The van der Waals surface area contributed by atoms with Crippen molar-refractivity contribution in [2.45, 2.75) is 33.2 Å². The fourth-order valence-electron chi connectivity index (χ4n) is 3.33. The van der Waals surface area contributed by atoms with Crippen molar-refractivity contribution in [3.63, 3.8) is 0 Å². The number of hydrogen-bond acceptors (Lipinski definition) is 4. The number of carbonyl (C=O) groups is 1. The van der Waals surface area contributed by atoms with Gasteiger partial charge in [-0.2, -0.15) is 5.10 Å². The number of aryl methyl sites for hydroxylation is 3. The van der Waals surface area contributed by atoms with E-state index < -0.39 is 0 Å². The van der Waals surface area contributed by atoms with Gasteiger partial charge < -0.3 is 5.32 Å². The largest absolute Gasteiger partial charge is 0.310 e. The summed E-state index contributed by atoms with van der Waals surface area (Å²) in [5, 5.41) is 7.98. The van der Waals surface area contributed by atoms with Crippen molar-refractivity contribution < 1.29 is 4.79 Å². The number of piperidine rings is 1. The molecule has 0 radical (unpaired) electrons. The third-order valence-electron chi connectivity index (χ3n) is 4.67. The summed E-state index contributed by atoms with van der Waals surface area (Å²) in [4.78, 5) is 19.2. The molecule has 1 fully saturated rings. The smallest absolute Gasteiger partial charge is 0.229 e. The number of nitrogens with zero attached hydrogens (tertiary/aromatic N) is 4. The van der Waals surface area contributed by atoms with E-state index in [2.05, 4.69) is 20.3 Å². The van der Waals surface area contributed by atoms with E-state index in [4.69, 9.17) is 11.6 Å². The van der Waals surface area contributed by atoms with Gasteiger partial charge in [0.1, 0.15) is 11.0 Å². The minimum atomic E-state index is -0.0354. The molecule has 1 aliphatic heterocycles. The molecule has 1 saturated heterocycles. The number of hydrogen-bond donors (Lipinski definition) is 1. The number of nitrogens with one attached hydrogen (secondary N) is 1. The summed E-state index contributed by atoms with van der Waals surface area (Å²) in [6.07, 6.45) is 1.89. The molecule has 134 valence electrons. The number of amides is 1. The van der Waals surface area contributed by atoms with Crippen molar-refractivity contribution in [2.75, 3.05) is 18.4 Å². The fourth-order valence-corrected chi connectivity index (χ4v) is 3.57. The lowest BCUT2D eigenvalue weighted by Crippen LogP contribution is -2.40. The summed E-state index contributed by atoms with van der Waals surface area (Å²) in [5.74, 6) is 0.622. The minimum Gasteiger partial charge on any atom is -0.310 e. The van der Waals surface area contributed by atoms with Gasteiger partial charge in [0.25, 0.3) is 0 Å². The fraction of sp³-hybridized carbons (Fsp3) is 0.500. The molecular formula is C18H24ClN5O. The highest BCUT2D eigenvalue weighted by Crippen LogP contribution is 2.24. The van der Waals surface area contributed by atoms with Gasteiger partial charge in [0, 0.05) is 31.4 Å². The second-order valence-electron chi connectivity index (χ2n) is 6.71. The highest BCUT2D eigenvalue weighted by atomic mass is 35.5. The Balaban J connectivity index is 1.63. The molecule has 25 heavy (non-hydrogen) atoms. The molecule has 6 nitrogen and oxygen atoms in total. The van der Waals surface area contributed by atoms with Gasteiger partial charge in [-0.25, -0.2) is 4.98 Å². The van der Waals surface area contributed by atoms with Crippen molar-refractivity contribution in [1.82, 2.24) is 19.7 Å². The van der Waals surface area contributed by atoms with E-state index in [0.717, 1.165) is 49.4 Å². The molecule has 0 bridgehead atoms. The van der Waals surface area contributed by atoms with Crippen molar-refractivity contribution in [2.24, 2.45) is 13.0 Å². The van der Waals surface area contributed by atoms with E-state index in [1.807, 2.05) is 39.1 Å². The topological polar surface area (TPSA) is 63.1 Å². The van der Waals surface area contributed by atoms with Crippen LogP contribution in [-0.2, 0) is 18.4 Å². The Morgan fingerprint density at radius 3 is 2.88 bits per heavy atom. The average molecular weight is 362 g/mol. The monoisotopic (exact) mass is 361 g/mol. The summed E-state index contributed by atoms with van der Waals surface area (Å²) < 4.78 is 1.70. The van der Waals surface area contributed by atoms with E-state index >= 15 is 0 Å². The molecule has 1 amide bonds. The third-order valence-corrected chi connectivity index (χ3v) is 5.14. The summed E-state index contributed by atoms with van der Waals surface area (Å²) in [6, 6.07) is 5.64. The SMILES string of the molecule is Cc1cccc(NC(=O)C2CCCN(Cc3c(C)nn(C)c3Cl)C2)n1. The van der Waals surface area contributed by atoms with Crippen LogP contribution in [0.15, 0.2) is 18.2 Å². The Kier molecular flexibility index (Phi) is 5.39. The number of rotatable bonds is 4. The molecule has 3 rings (SSSR count). The van der Waals surface area contributed by atoms with E-state index in [9.17, 15) is 4.79 Å². The van der Waals surface area contributed by atoms with Crippen molar-refractivity contribution in [1.29, 1.82) is 0 Å². The summed E-state index contributed by atoms with van der Waals surface area (Å²) in [7, 11) is 1.85. The number of aromatic nitrogens is 3. The third kappa shape index (κ3) is 4.19. The molecule has 1 unspecified atom stereocenters. The highest BCUT2D eigenvalue weighted by molar-refractivity contribution is 6.30. The molecular weight excluding hydrogens is 338 g/mol.